The molecule has 1 rings (SSSR count). The van der Waals surface area contributed by atoms with E-state index in [1.54, 1.807) is 0 Å². The number of aliphatic hydroxyl groups excluding tert-OH is 1. The average molecular weight is 201 g/mol. The van der Waals surface area contributed by atoms with Crippen molar-refractivity contribution in [2.75, 3.05) is 13.2 Å². The number of carboxylic acids is 1. The molecule has 4 nitrogen and oxygen atoms in total. The van der Waals surface area contributed by atoms with Gasteiger partial charge in [0.1, 0.15) is 0 Å². The monoisotopic (exact) mass is 201 g/mol. The number of rotatable bonds is 6. The number of aliphatic carboxylic acids is 1. The molecule has 1 aliphatic carbocycles. The standard InChI is InChI=1S/C10H19NO3/c1-8(7-10(13)14)11(5-6-12)9-3-2-4-9/h8-9,12H,2-7H2,1H3,(H,13,14). The molecule has 0 radical (unpaired) electrons. The Balaban J connectivity index is 2.42. The summed E-state index contributed by atoms with van der Waals surface area (Å²) in [5, 5.41) is 17.6. The fourth-order valence-electron chi connectivity index (χ4n) is 1.97. The summed E-state index contributed by atoms with van der Waals surface area (Å²) in [5.74, 6) is -0.764. The van der Waals surface area contributed by atoms with E-state index < -0.39 is 5.97 Å². The summed E-state index contributed by atoms with van der Waals surface area (Å²) in [6.07, 6.45) is 3.68. The van der Waals surface area contributed by atoms with Gasteiger partial charge in [-0.3, -0.25) is 9.69 Å². The Morgan fingerprint density at radius 3 is 2.57 bits per heavy atom. The largest absolute Gasteiger partial charge is 0.481 e. The van der Waals surface area contributed by atoms with Crippen LogP contribution in [0.3, 0.4) is 0 Å². The zero-order chi connectivity index (χ0) is 10.6. The van der Waals surface area contributed by atoms with Crippen LogP contribution in [0, 0.1) is 0 Å². The molecule has 0 bridgehead atoms. The number of carbonyl (C=O) groups is 1. The van der Waals surface area contributed by atoms with Crippen molar-refractivity contribution in [2.24, 2.45) is 0 Å². The minimum absolute atomic E-state index is 0.0324. The lowest BCUT2D eigenvalue weighted by atomic mass is 9.90. The molecule has 82 valence electrons. The summed E-state index contributed by atoms with van der Waals surface area (Å²) in [5.41, 5.74) is 0. The van der Waals surface area contributed by atoms with Crippen LogP contribution in [0.15, 0.2) is 0 Å². The molecule has 1 atom stereocenters. The van der Waals surface area contributed by atoms with Crippen molar-refractivity contribution in [2.45, 2.75) is 44.7 Å². The fraction of sp³-hybridized carbons (Fsp3) is 0.900. The molecule has 0 aromatic carbocycles. The number of aliphatic hydroxyl groups is 1. The number of carboxylic acid groups (broad SMARTS) is 1. The molecule has 1 fully saturated rings. The van der Waals surface area contributed by atoms with E-state index in [2.05, 4.69) is 4.90 Å². The Bertz CT molecular complexity index is 192. The van der Waals surface area contributed by atoms with E-state index in [9.17, 15) is 4.79 Å². The Kier molecular flexibility index (Phi) is 4.35. The minimum atomic E-state index is -0.764. The second kappa shape index (κ2) is 5.32. The van der Waals surface area contributed by atoms with Gasteiger partial charge in [-0.2, -0.15) is 0 Å². The van der Waals surface area contributed by atoms with Crippen LogP contribution < -0.4 is 0 Å². The maximum Gasteiger partial charge on any atom is 0.304 e. The van der Waals surface area contributed by atoms with Gasteiger partial charge in [-0.1, -0.05) is 6.42 Å². The zero-order valence-corrected chi connectivity index (χ0v) is 8.65. The molecule has 0 spiro atoms. The predicted octanol–water partition coefficient (Wildman–Crippen LogP) is 0.696. The Labute approximate surface area is 84.5 Å². The lowest BCUT2D eigenvalue weighted by Gasteiger charge is -2.40. The summed E-state index contributed by atoms with van der Waals surface area (Å²) in [6, 6.07) is 0.529. The highest BCUT2D eigenvalue weighted by molar-refractivity contribution is 5.67. The van der Waals surface area contributed by atoms with Crippen molar-refractivity contribution < 1.29 is 15.0 Å². The lowest BCUT2D eigenvalue weighted by Crippen LogP contribution is -2.47. The van der Waals surface area contributed by atoms with Crippen molar-refractivity contribution in [1.82, 2.24) is 4.90 Å². The van der Waals surface area contributed by atoms with Gasteiger partial charge in [-0.15, -0.1) is 0 Å². The van der Waals surface area contributed by atoms with Crippen molar-refractivity contribution in [3.63, 3.8) is 0 Å². The first-order valence-corrected chi connectivity index (χ1v) is 5.23. The number of hydrogen-bond donors (Lipinski definition) is 2. The highest BCUT2D eigenvalue weighted by Gasteiger charge is 2.28. The molecule has 0 heterocycles. The Hall–Kier alpha value is -0.610. The third-order valence-electron chi connectivity index (χ3n) is 2.94. The maximum absolute atomic E-state index is 10.6. The van der Waals surface area contributed by atoms with Gasteiger partial charge in [0.15, 0.2) is 0 Å². The first-order valence-electron chi connectivity index (χ1n) is 5.23. The van der Waals surface area contributed by atoms with Gasteiger partial charge in [0.05, 0.1) is 13.0 Å². The first kappa shape index (κ1) is 11.5. The predicted molar refractivity (Wildman–Crippen MR) is 53.1 cm³/mol. The lowest BCUT2D eigenvalue weighted by molar-refractivity contribution is -0.138. The van der Waals surface area contributed by atoms with Crippen LogP contribution >= 0.6 is 0 Å². The number of nitrogens with zero attached hydrogens (tertiary/aromatic N) is 1. The summed E-state index contributed by atoms with van der Waals surface area (Å²) < 4.78 is 0. The molecule has 1 unspecified atom stereocenters. The SMILES string of the molecule is CC(CC(=O)O)N(CCO)C1CCC1. The van der Waals surface area contributed by atoms with E-state index in [-0.39, 0.29) is 19.1 Å². The Morgan fingerprint density at radius 1 is 1.57 bits per heavy atom. The molecule has 1 aliphatic rings. The van der Waals surface area contributed by atoms with Gasteiger partial charge >= 0.3 is 5.97 Å². The highest BCUT2D eigenvalue weighted by atomic mass is 16.4. The van der Waals surface area contributed by atoms with Crippen molar-refractivity contribution >= 4 is 5.97 Å². The highest BCUT2D eigenvalue weighted by Crippen LogP contribution is 2.26. The van der Waals surface area contributed by atoms with Crippen LogP contribution in [0.4, 0.5) is 0 Å². The van der Waals surface area contributed by atoms with E-state index in [4.69, 9.17) is 10.2 Å². The fourth-order valence-corrected chi connectivity index (χ4v) is 1.97. The van der Waals surface area contributed by atoms with E-state index in [0.29, 0.717) is 12.6 Å². The molecule has 0 amide bonds. The third kappa shape index (κ3) is 2.96. The molecule has 0 aliphatic heterocycles. The normalized spacial score (nSPS) is 19.4. The van der Waals surface area contributed by atoms with Crippen molar-refractivity contribution in [1.29, 1.82) is 0 Å². The van der Waals surface area contributed by atoms with Crippen LogP contribution in [0.1, 0.15) is 32.6 Å². The smallest absolute Gasteiger partial charge is 0.304 e. The summed E-state index contributed by atoms with van der Waals surface area (Å²) >= 11 is 0. The quantitative estimate of drug-likeness (QED) is 0.664. The average Bonchev–Trinajstić information content (AvgIpc) is 1.98. The molecule has 1 saturated carbocycles. The molecule has 4 heteroatoms. The van der Waals surface area contributed by atoms with E-state index >= 15 is 0 Å². The van der Waals surface area contributed by atoms with E-state index in [0.717, 1.165) is 12.8 Å². The van der Waals surface area contributed by atoms with E-state index in [1.165, 1.54) is 6.42 Å². The maximum atomic E-state index is 10.6. The van der Waals surface area contributed by atoms with Gasteiger partial charge in [0.2, 0.25) is 0 Å². The summed E-state index contributed by atoms with van der Waals surface area (Å²) in [4.78, 5) is 12.7. The molecular weight excluding hydrogens is 182 g/mol. The van der Waals surface area contributed by atoms with Crippen molar-refractivity contribution in [3.05, 3.63) is 0 Å². The molecule has 0 saturated heterocycles. The third-order valence-corrected chi connectivity index (χ3v) is 2.94. The van der Waals surface area contributed by atoms with Gasteiger partial charge in [-0.05, 0) is 19.8 Å². The second-order valence-corrected chi connectivity index (χ2v) is 3.99. The van der Waals surface area contributed by atoms with Gasteiger partial charge < -0.3 is 10.2 Å². The summed E-state index contributed by atoms with van der Waals surface area (Å²) in [6.45, 7) is 2.63. The molecule has 0 aromatic heterocycles. The van der Waals surface area contributed by atoms with E-state index in [1.807, 2.05) is 6.92 Å². The van der Waals surface area contributed by atoms with Crippen LogP contribution in [-0.2, 0) is 4.79 Å². The Morgan fingerprint density at radius 2 is 2.21 bits per heavy atom. The first-order chi connectivity index (χ1) is 6.65. The second-order valence-electron chi connectivity index (χ2n) is 3.99. The summed E-state index contributed by atoms with van der Waals surface area (Å²) in [7, 11) is 0. The molecule has 0 aromatic rings. The van der Waals surface area contributed by atoms with Crippen molar-refractivity contribution in [3.8, 4) is 0 Å². The zero-order valence-electron chi connectivity index (χ0n) is 8.65. The van der Waals surface area contributed by atoms with Gasteiger partial charge in [-0.25, -0.2) is 0 Å². The topological polar surface area (TPSA) is 60.8 Å². The molecule has 14 heavy (non-hydrogen) atoms. The van der Waals surface area contributed by atoms with Crippen LogP contribution in [0.2, 0.25) is 0 Å². The number of hydrogen-bond acceptors (Lipinski definition) is 3. The minimum Gasteiger partial charge on any atom is -0.481 e. The van der Waals surface area contributed by atoms with Gasteiger partial charge in [0.25, 0.3) is 0 Å². The molecular formula is C10H19NO3. The van der Waals surface area contributed by atoms with Gasteiger partial charge in [0, 0.05) is 18.6 Å². The van der Waals surface area contributed by atoms with Crippen LogP contribution in [0.5, 0.6) is 0 Å². The molecule has 2 N–H and O–H groups in total. The van der Waals surface area contributed by atoms with Crippen LogP contribution in [-0.4, -0.2) is 46.3 Å². The van der Waals surface area contributed by atoms with Crippen LogP contribution in [0.25, 0.3) is 0 Å².